The maximum Gasteiger partial charge on any atom is 0.134 e. The number of hydrogen-bond donors (Lipinski definition) is 0. The van der Waals surface area contributed by atoms with E-state index in [1.807, 2.05) is 60.7 Å². The zero-order chi connectivity index (χ0) is 22.3. The monoisotopic (exact) mass is 547 g/mol. The molecule has 2 aromatic carbocycles. The van der Waals surface area contributed by atoms with E-state index in [9.17, 15) is 0 Å². The summed E-state index contributed by atoms with van der Waals surface area (Å²) in [6.45, 7) is 4.67. The highest BCUT2D eigenvalue weighted by Crippen LogP contribution is 2.27. The van der Waals surface area contributed by atoms with E-state index < -0.39 is 0 Å². The lowest BCUT2D eigenvalue weighted by atomic mass is 10.2. The molecule has 0 aliphatic heterocycles. The van der Waals surface area contributed by atoms with Crippen LogP contribution >= 0.6 is 40.2 Å². The largest absolute Gasteiger partial charge is 0.460 e. The summed E-state index contributed by atoms with van der Waals surface area (Å²) in [7, 11) is 0. The van der Waals surface area contributed by atoms with Crippen LogP contribution in [0.4, 0.5) is 0 Å². The summed E-state index contributed by atoms with van der Waals surface area (Å²) in [6.07, 6.45) is 3.54. The molecule has 0 bridgehead atoms. The fourth-order valence-corrected chi connectivity index (χ4v) is 3.96. The number of hydrogen-bond acceptors (Lipinski definition) is 3. The summed E-state index contributed by atoms with van der Waals surface area (Å²) >= 11 is 12.0. The van der Waals surface area contributed by atoms with Crippen LogP contribution in [0.1, 0.15) is 37.7 Å². The van der Waals surface area contributed by atoms with Gasteiger partial charge >= 0.3 is 0 Å². The Morgan fingerprint density at radius 2 is 1.09 bits per heavy atom. The number of unbranched alkanes of at least 4 members (excludes halogenated alkanes) is 2. The number of rotatable bonds is 10. The van der Waals surface area contributed by atoms with Gasteiger partial charge in [0.15, 0.2) is 0 Å². The Hall–Kier alpha value is -1.98. The van der Waals surface area contributed by atoms with E-state index in [2.05, 4.69) is 24.0 Å². The van der Waals surface area contributed by atoms with Crippen molar-refractivity contribution in [1.82, 2.24) is 4.90 Å². The van der Waals surface area contributed by atoms with Gasteiger partial charge in [-0.25, -0.2) is 0 Å². The first kappa shape index (κ1) is 25.6. The summed E-state index contributed by atoms with van der Waals surface area (Å²) in [4.78, 5) is 2.38. The van der Waals surface area contributed by atoms with Gasteiger partial charge in [-0.3, -0.25) is 4.90 Å². The molecule has 2 heterocycles. The SMILES string of the molecule is Br.CCCCCN(Cc1ccc(-c2ccc(Cl)cc2)o1)Cc1ccc(-c2ccc(Cl)cc2)o1. The van der Waals surface area contributed by atoms with Crippen molar-refractivity contribution in [3.05, 3.63) is 94.4 Å². The lowest BCUT2D eigenvalue weighted by molar-refractivity contribution is 0.215. The molecule has 0 atom stereocenters. The summed E-state index contributed by atoms with van der Waals surface area (Å²) < 4.78 is 12.3. The van der Waals surface area contributed by atoms with Crippen molar-refractivity contribution < 1.29 is 8.83 Å². The van der Waals surface area contributed by atoms with Crippen LogP contribution in [0.15, 0.2) is 81.6 Å². The molecule has 4 rings (SSSR count). The zero-order valence-corrected chi connectivity index (χ0v) is 21.8. The van der Waals surface area contributed by atoms with E-state index in [0.717, 1.165) is 70.3 Å². The Balaban J connectivity index is 0.00000306. The third-order valence-corrected chi connectivity index (χ3v) is 5.92. The predicted octanol–water partition coefficient (Wildman–Crippen LogP) is 9.28. The maximum absolute atomic E-state index is 6.14. The Morgan fingerprint density at radius 3 is 1.52 bits per heavy atom. The van der Waals surface area contributed by atoms with E-state index in [1.54, 1.807) is 0 Å². The molecule has 0 saturated carbocycles. The van der Waals surface area contributed by atoms with Gasteiger partial charge in [0.2, 0.25) is 0 Å². The average Bonchev–Trinajstić information content (AvgIpc) is 3.45. The van der Waals surface area contributed by atoms with Crippen molar-refractivity contribution in [2.45, 2.75) is 39.3 Å². The highest BCUT2D eigenvalue weighted by Gasteiger charge is 2.14. The maximum atomic E-state index is 6.14. The minimum Gasteiger partial charge on any atom is -0.460 e. The van der Waals surface area contributed by atoms with E-state index in [1.165, 1.54) is 12.8 Å². The van der Waals surface area contributed by atoms with Crippen LogP contribution in [0.2, 0.25) is 10.0 Å². The minimum absolute atomic E-state index is 0. The molecule has 2 aromatic heterocycles. The molecule has 0 aliphatic rings. The van der Waals surface area contributed by atoms with Gasteiger partial charge in [-0.15, -0.1) is 17.0 Å². The van der Waals surface area contributed by atoms with E-state index in [4.69, 9.17) is 32.0 Å². The number of furan rings is 2. The van der Waals surface area contributed by atoms with Crippen LogP contribution in [-0.4, -0.2) is 11.4 Å². The van der Waals surface area contributed by atoms with Gasteiger partial charge in [0.25, 0.3) is 0 Å². The lowest BCUT2D eigenvalue weighted by Crippen LogP contribution is -2.23. The van der Waals surface area contributed by atoms with Crippen molar-refractivity contribution in [2.75, 3.05) is 6.54 Å². The molecule has 0 fully saturated rings. The molecule has 0 amide bonds. The van der Waals surface area contributed by atoms with Crippen molar-refractivity contribution in [1.29, 1.82) is 0 Å². The summed E-state index contributed by atoms with van der Waals surface area (Å²) in [6, 6.07) is 23.6. The van der Waals surface area contributed by atoms with Gasteiger partial charge in [-0.2, -0.15) is 0 Å². The third-order valence-electron chi connectivity index (χ3n) is 5.42. The van der Waals surface area contributed by atoms with Gasteiger partial charge < -0.3 is 8.83 Å². The van der Waals surface area contributed by atoms with Gasteiger partial charge in [-0.1, -0.05) is 43.0 Å². The molecule has 0 saturated heterocycles. The fraction of sp³-hybridized carbons (Fsp3) is 0.259. The molecule has 4 aromatic rings. The normalized spacial score (nSPS) is 11.0. The van der Waals surface area contributed by atoms with E-state index in [0.29, 0.717) is 0 Å². The molecule has 0 unspecified atom stereocenters. The Bertz CT molecular complexity index is 1030. The predicted molar refractivity (Wildman–Crippen MR) is 142 cm³/mol. The Kier molecular flexibility index (Phi) is 9.69. The number of benzene rings is 2. The van der Waals surface area contributed by atoms with Crippen molar-refractivity contribution in [3.8, 4) is 22.6 Å². The second-order valence-corrected chi connectivity index (χ2v) is 8.84. The highest BCUT2D eigenvalue weighted by molar-refractivity contribution is 8.93. The average molecular weight is 549 g/mol. The third kappa shape index (κ3) is 7.25. The molecule has 33 heavy (non-hydrogen) atoms. The van der Waals surface area contributed by atoms with Crippen LogP contribution in [0.25, 0.3) is 22.6 Å². The highest BCUT2D eigenvalue weighted by atomic mass is 79.9. The summed E-state index contributed by atoms with van der Waals surface area (Å²) in [5.74, 6) is 3.59. The summed E-state index contributed by atoms with van der Waals surface area (Å²) in [5.41, 5.74) is 2.05. The Labute approximate surface area is 216 Å². The van der Waals surface area contributed by atoms with Gasteiger partial charge in [0, 0.05) is 21.2 Å². The van der Waals surface area contributed by atoms with Gasteiger partial charge in [0.05, 0.1) is 13.1 Å². The molecule has 0 radical (unpaired) electrons. The molecule has 0 N–H and O–H groups in total. The van der Waals surface area contributed by atoms with Gasteiger partial charge in [-0.05, 0) is 85.8 Å². The molecule has 0 aliphatic carbocycles. The van der Waals surface area contributed by atoms with Crippen LogP contribution in [0.3, 0.4) is 0 Å². The molecule has 174 valence electrons. The number of halogens is 3. The van der Waals surface area contributed by atoms with Crippen LogP contribution in [0.5, 0.6) is 0 Å². The lowest BCUT2D eigenvalue weighted by Gasteiger charge is -2.20. The second kappa shape index (κ2) is 12.5. The second-order valence-electron chi connectivity index (χ2n) is 7.96. The van der Waals surface area contributed by atoms with Crippen molar-refractivity contribution in [3.63, 3.8) is 0 Å². The fourth-order valence-electron chi connectivity index (χ4n) is 3.70. The standard InChI is InChI=1S/C27H27Cl2NO2.BrH/c1-2-3-4-17-30(18-24-13-15-26(31-24)20-5-9-22(28)10-6-20)19-25-14-16-27(32-25)21-7-11-23(29)12-8-21;/h5-16H,2-4,17-19H2,1H3;1H. The Morgan fingerprint density at radius 1 is 0.636 bits per heavy atom. The molecule has 0 spiro atoms. The number of nitrogens with zero attached hydrogens (tertiary/aromatic N) is 1. The van der Waals surface area contributed by atoms with Gasteiger partial charge in [0.1, 0.15) is 23.0 Å². The van der Waals surface area contributed by atoms with E-state index >= 15 is 0 Å². The topological polar surface area (TPSA) is 29.5 Å². The van der Waals surface area contributed by atoms with Crippen LogP contribution < -0.4 is 0 Å². The summed E-state index contributed by atoms with van der Waals surface area (Å²) in [5, 5.41) is 1.44. The molecule has 3 nitrogen and oxygen atoms in total. The molecular weight excluding hydrogens is 521 g/mol. The minimum atomic E-state index is 0. The smallest absolute Gasteiger partial charge is 0.134 e. The van der Waals surface area contributed by atoms with Crippen LogP contribution in [-0.2, 0) is 13.1 Å². The van der Waals surface area contributed by atoms with E-state index in [-0.39, 0.29) is 17.0 Å². The van der Waals surface area contributed by atoms with Crippen molar-refractivity contribution >= 4 is 40.2 Å². The molecular formula is C27H28BrCl2NO2. The first-order chi connectivity index (χ1) is 15.6. The van der Waals surface area contributed by atoms with Crippen molar-refractivity contribution in [2.24, 2.45) is 0 Å². The first-order valence-electron chi connectivity index (χ1n) is 11.0. The molecule has 6 heteroatoms. The zero-order valence-electron chi connectivity index (χ0n) is 18.6. The first-order valence-corrected chi connectivity index (χ1v) is 11.8. The van der Waals surface area contributed by atoms with Crippen LogP contribution in [0, 0.1) is 0 Å². The quantitative estimate of drug-likeness (QED) is 0.185.